The van der Waals surface area contributed by atoms with Crippen molar-refractivity contribution in [1.29, 1.82) is 0 Å². The van der Waals surface area contributed by atoms with E-state index in [9.17, 15) is 14.4 Å². The molecule has 204 valence electrons. The first-order chi connectivity index (χ1) is 18.9. The normalized spacial score (nSPS) is 10.5. The molecule has 0 bridgehead atoms. The molecule has 0 radical (unpaired) electrons. The van der Waals surface area contributed by atoms with Crippen molar-refractivity contribution in [3.05, 3.63) is 77.4 Å². The van der Waals surface area contributed by atoms with Crippen molar-refractivity contribution in [1.82, 2.24) is 10.7 Å². The molecule has 0 unspecified atom stereocenters. The zero-order chi connectivity index (χ0) is 28.2. The number of nitrogens with zero attached hydrogens (tertiary/aromatic N) is 1. The lowest BCUT2D eigenvalue weighted by Gasteiger charge is -2.14. The fourth-order valence-corrected chi connectivity index (χ4v) is 3.33. The van der Waals surface area contributed by atoms with E-state index in [-0.39, 0.29) is 12.1 Å². The molecule has 0 aliphatic heterocycles. The van der Waals surface area contributed by atoms with E-state index in [1.807, 2.05) is 6.92 Å². The van der Waals surface area contributed by atoms with Gasteiger partial charge in [-0.2, -0.15) is 5.10 Å². The van der Waals surface area contributed by atoms with Crippen molar-refractivity contribution in [3.8, 4) is 28.7 Å². The monoisotopic (exact) mass is 535 g/mol. The van der Waals surface area contributed by atoms with Gasteiger partial charge in [-0.1, -0.05) is 0 Å². The number of amides is 2. The van der Waals surface area contributed by atoms with Gasteiger partial charge in [-0.3, -0.25) is 9.59 Å². The Morgan fingerprint density at radius 2 is 1.44 bits per heavy atom. The van der Waals surface area contributed by atoms with Crippen LogP contribution in [0.1, 0.15) is 33.2 Å². The molecule has 11 heteroatoms. The number of nitrogens with one attached hydrogen (secondary N) is 2. The number of carbonyl (C=O) groups is 3. The number of methoxy groups -OCH3 is 3. The largest absolute Gasteiger partial charge is 0.494 e. The zero-order valence-electron chi connectivity index (χ0n) is 22.0. The molecule has 0 spiro atoms. The lowest BCUT2D eigenvalue weighted by Crippen LogP contribution is -2.34. The maximum absolute atomic E-state index is 12.5. The van der Waals surface area contributed by atoms with E-state index in [0.29, 0.717) is 46.5 Å². The molecule has 0 saturated heterocycles. The van der Waals surface area contributed by atoms with E-state index in [2.05, 4.69) is 15.8 Å². The maximum atomic E-state index is 12.5. The summed E-state index contributed by atoms with van der Waals surface area (Å²) in [7, 11) is 4.33. The highest BCUT2D eigenvalue weighted by molar-refractivity contribution is 5.97. The summed E-state index contributed by atoms with van der Waals surface area (Å²) in [6.07, 6.45) is 1.41. The van der Waals surface area contributed by atoms with Crippen molar-refractivity contribution in [3.63, 3.8) is 0 Å². The number of benzene rings is 3. The Balaban J connectivity index is 1.48. The first-order valence-corrected chi connectivity index (χ1v) is 11.8. The molecule has 0 aliphatic carbocycles. The maximum Gasteiger partial charge on any atom is 0.343 e. The molecular formula is C28H29N3O8. The standard InChI is InChI=1S/C28H29N3O8/c1-5-38-21-12-8-19(9-13-21)28(34)39-22-10-6-18(7-11-22)16-30-31-25(32)17-29-27(33)20-14-23(35-2)26(37-4)24(15-20)36-3/h6-16H,5,17H2,1-4H3,(H,29,33)(H,31,32)/b30-16-. The number of ether oxygens (including phenoxy) is 5. The number of hydrogen-bond donors (Lipinski definition) is 2. The Morgan fingerprint density at radius 1 is 0.821 bits per heavy atom. The zero-order valence-corrected chi connectivity index (χ0v) is 22.0. The van der Waals surface area contributed by atoms with Crippen LogP contribution in [-0.4, -0.2) is 58.5 Å². The molecule has 0 heterocycles. The third-order valence-corrected chi connectivity index (χ3v) is 5.23. The van der Waals surface area contributed by atoms with E-state index < -0.39 is 17.8 Å². The summed E-state index contributed by atoms with van der Waals surface area (Å²) >= 11 is 0. The lowest BCUT2D eigenvalue weighted by atomic mass is 10.1. The van der Waals surface area contributed by atoms with Gasteiger partial charge >= 0.3 is 5.97 Å². The molecule has 0 aromatic heterocycles. The highest BCUT2D eigenvalue weighted by Crippen LogP contribution is 2.38. The van der Waals surface area contributed by atoms with E-state index in [1.165, 1.54) is 39.7 Å². The fraction of sp³-hybridized carbons (Fsp3) is 0.214. The Morgan fingerprint density at radius 3 is 2.00 bits per heavy atom. The highest BCUT2D eigenvalue weighted by atomic mass is 16.5. The second-order valence-corrected chi connectivity index (χ2v) is 7.81. The quantitative estimate of drug-likeness (QED) is 0.156. The van der Waals surface area contributed by atoms with Gasteiger partial charge in [0.05, 0.1) is 46.3 Å². The average molecular weight is 536 g/mol. The third kappa shape index (κ3) is 7.96. The summed E-state index contributed by atoms with van der Waals surface area (Å²) in [5.41, 5.74) is 3.60. The van der Waals surface area contributed by atoms with Gasteiger partial charge < -0.3 is 29.0 Å². The van der Waals surface area contributed by atoms with Crippen molar-refractivity contribution in [2.75, 3.05) is 34.5 Å². The molecule has 0 saturated carbocycles. The molecule has 39 heavy (non-hydrogen) atoms. The van der Waals surface area contributed by atoms with Crippen LogP contribution in [0.25, 0.3) is 0 Å². The van der Waals surface area contributed by atoms with E-state index in [1.54, 1.807) is 48.5 Å². The van der Waals surface area contributed by atoms with Crippen molar-refractivity contribution >= 4 is 24.0 Å². The average Bonchev–Trinajstić information content (AvgIpc) is 2.96. The fourth-order valence-electron chi connectivity index (χ4n) is 3.33. The van der Waals surface area contributed by atoms with Crippen molar-refractivity contribution in [2.45, 2.75) is 6.92 Å². The van der Waals surface area contributed by atoms with Crippen LogP contribution in [0.4, 0.5) is 0 Å². The molecule has 0 atom stereocenters. The van der Waals surface area contributed by atoms with Gasteiger partial charge in [-0.05, 0) is 73.2 Å². The molecule has 3 aromatic rings. The van der Waals surface area contributed by atoms with Crippen molar-refractivity contribution in [2.24, 2.45) is 5.10 Å². The van der Waals surface area contributed by atoms with Crippen molar-refractivity contribution < 1.29 is 38.1 Å². The SMILES string of the molecule is CCOc1ccc(C(=O)Oc2ccc(/C=N\NC(=O)CNC(=O)c3cc(OC)c(OC)c(OC)c3)cc2)cc1. The molecule has 2 N–H and O–H groups in total. The predicted molar refractivity (Wildman–Crippen MR) is 143 cm³/mol. The number of hydrazone groups is 1. The molecule has 3 aromatic carbocycles. The number of carbonyl (C=O) groups excluding carboxylic acids is 3. The molecule has 2 amide bonds. The van der Waals surface area contributed by atoms with Gasteiger partial charge in [-0.25, -0.2) is 10.2 Å². The summed E-state index contributed by atoms with van der Waals surface area (Å²) < 4.78 is 26.4. The summed E-state index contributed by atoms with van der Waals surface area (Å²) in [4.78, 5) is 36.9. The first kappa shape index (κ1) is 28.5. The van der Waals surface area contributed by atoms with Crippen LogP contribution in [0.5, 0.6) is 28.7 Å². The van der Waals surface area contributed by atoms with E-state index in [0.717, 1.165) is 0 Å². The van der Waals surface area contributed by atoms with E-state index >= 15 is 0 Å². The van der Waals surface area contributed by atoms with Gasteiger partial charge in [0.2, 0.25) is 5.75 Å². The summed E-state index contributed by atoms with van der Waals surface area (Å²) in [5.74, 6) is 0.454. The van der Waals surface area contributed by atoms with Gasteiger partial charge in [0.15, 0.2) is 11.5 Å². The van der Waals surface area contributed by atoms with Gasteiger partial charge in [-0.15, -0.1) is 0 Å². The second-order valence-electron chi connectivity index (χ2n) is 7.81. The smallest absolute Gasteiger partial charge is 0.343 e. The highest BCUT2D eigenvalue weighted by Gasteiger charge is 2.17. The van der Waals surface area contributed by atoms with Gasteiger partial charge in [0.1, 0.15) is 11.5 Å². The minimum Gasteiger partial charge on any atom is -0.494 e. The van der Waals surface area contributed by atoms with Gasteiger partial charge in [0, 0.05) is 5.56 Å². The van der Waals surface area contributed by atoms with Crippen LogP contribution in [0.3, 0.4) is 0 Å². The first-order valence-electron chi connectivity index (χ1n) is 11.8. The Kier molecular flexibility index (Phi) is 10.3. The Labute approximate surface area is 225 Å². The molecule has 0 fully saturated rings. The Bertz CT molecular complexity index is 1300. The number of rotatable bonds is 12. The summed E-state index contributed by atoms with van der Waals surface area (Å²) in [6.45, 7) is 2.11. The summed E-state index contributed by atoms with van der Waals surface area (Å²) in [6, 6.07) is 16.2. The van der Waals surface area contributed by atoms with Crippen LogP contribution in [0.15, 0.2) is 65.8 Å². The molecular weight excluding hydrogens is 506 g/mol. The minimum absolute atomic E-state index is 0.226. The predicted octanol–water partition coefficient (Wildman–Crippen LogP) is 3.21. The topological polar surface area (TPSA) is 134 Å². The lowest BCUT2D eigenvalue weighted by molar-refractivity contribution is -0.120. The molecule has 11 nitrogen and oxygen atoms in total. The van der Waals surface area contributed by atoms with E-state index in [4.69, 9.17) is 23.7 Å². The molecule has 3 rings (SSSR count). The Hall–Kier alpha value is -5.06. The third-order valence-electron chi connectivity index (χ3n) is 5.23. The van der Waals surface area contributed by atoms with Crippen LogP contribution >= 0.6 is 0 Å². The van der Waals surface area contributed by atoms with Gasteiger partial charge in [0.25, 0.3) is 11.8 Å². The van der Waals surface area contributed by atoms with Crippen LogP contribution < -0.4 is 34.4 Å². The second kappa shape index (κ2) is 14.0. The van der Waals surface area contributed by atoms with Crippen LogP contribution in [0.2, 0.25) is 0 Å². The number of esters is 1. The minimum atomic E-state index is -0.534. The summed E-state index contributed by atoms with van der Waals surface area (Å²) in [5, 5.41) is 6.38. The van der Waals surface area contributed by atoms with Crippen LogP contribution in [-0.2, 0) is 4.79 Å². The molecule has 0 aliphatic rings. The number of hydrogen-bond acceptors (Lipinski definition) is 9. The van der Waals surface area contributed by atoms with Crippen LogP contribution in [0, 0.1) is 0 Å².